The molecule has 0 spiro atoms. The zero-order chi connectivity index (χ0) is 31.9. The Morgan fingerprint density at radius 1 is 0.429 bits per heavy atom. The van der Waals surface area contributed by atoms with Crippen LogP contribution < -0.4 is 0 Å². The van der Waals surface area contributed by atoms with Gasteiger partial charge in [-0.1, -0.05) is 109 Å². The zero-order valence-corrected chi connectivity index (χ0v) is 30.8. The summed E-state index contributed by atoms with van der Waals surface area (Å²) < 4.78 is 2.41. The van der Waals surface area contributed by atoms with Crippen molar-refractivity contribution in [3.05, 3.63) is 174 Å². The molecule has 0 unspecified atom stereocenters. The number of benzene rings is 4. The number of para-hydroxylation sites is 1. The van der Waals surface area contributed by atoms with Crippen molar-refractivity contribution in [1.82, 2.24) is 19.5 Å². The molecular formula is C44H32N4Sn. The fourth-order valence-corrected chi connectivity index (χ4v) is 6.81. The Balaban J connectivity index is 0.00000348. The van der Waals surface area contributed by atoms with Gasteiger partial charge in [-0.15, -0.1) is 0 Å². The van der Waals surface area contributed by atoms with Gasteiger partial charge in [0, 0.05) is 33.4 Å². The first-order valence-corrected chi connectivity index (χ1v) is 16.2. The molecule has 0 saturated heterocycles. The molecule has 1 N–H and O–H groups in total. The van der Waals surface area contributed by atoms with E-state index in [1.54, 1.807) is 0 Å². The number of aromatic nitrogens is 4. The first kappa shape index (κ1) is 30.6. The van der Waals surface area contributed by atoms with Crippen molar-refractivity contribution in [2.75, 3.05) is 0 Å². The molecule has 7 aromatic rings. The van der Waals surface area contributed by atoms with Crippen LogP contribution in [0.25, 0.3) is 85.4 Å². The van der Waals surface area contributed by atoms with Crippen LogP contribution in [0.1, 0.15) is 22.8 Å². The van der Waals surface area contributed by atoms with E-state index in [9.17, 15) is 0 Å². The minimum atomic E-state index is 0. The van der Waals surface area contributed by atoms with Gasteiger partial charge in [0.15, 0.2) is 0 Å². The molecule has 5 heteroatoms. The van der Waals surface area contributed by atoms with Gasteiger partial charge in [0.2, 0.25) is 0 Å². The van der Waals surface area contributed by atoms with Gasteiger partial charge in [0.1, 0.15) is 0 Å². The van der Waals surface area contributed by atoms with Gasteiger partial charge in [-0.3, -0.25) is 0 Å². The van der Waals surface area contributed by atoms with E-state index in [-0.39, 0.29) is 23.9 Å². The molecule has 3 aromatic heterocycles. The molecule has 0 amide bonds. The van der Waals surface area contributed by atoms with Crippen LogP contribution in [0.3, 0.4) is 0 Å². The van der Waals surface area contributed by atoms with Gasteiger partial charge in [0.25, 0.3) is 0 Å². The standard InChI is InChI=1S/C44H30N4.Sn.2H/c1-5-13-30(14-6-1)41-39-26-25-36(47-39)28-35-22-21-33(45-35)27-34-23-24-37(46-34)29-40-42(31-15-7-2-8-16-31)43(32-17-9-3-10-18-32)44(41)48(40)38-19-11-4-12-20-38;;;/h1-29,45H;;;. The van der Waals surface area contributed by atoms with Crippen LogP contribution in [0.4, 0.5) is 0 Å². The normalized spacial score (nSPS) is 11.8. The van der Waals surface area contributed by atoms with E-state index in [2.05, 4.69) is 186 Å². The summed E-state index contributed by atoms with van der Waals surface area (Å²) in [5, 5.41) is 0. The predicted octanol–water partition coefficient (Wildman–Crippen LogP) is 10.2. The number of H-pyrrole nitrogens is 1. The summed E-state index contributed by atoms with van der Waals surface area (Å²) in [6.07, 6.45) is 8.44. The summed E-state index contributed by atoms with van der Waals surface area (Å²) in [7, 11) is 0. The van der Waals surface area contributed by atoms with Crippen LogP contribution in [0, 0.1) is 0 Å². The van der Waals surface area contributed by atoms with E-state index < -0.39 is 0 Å². The van der Waals surface area contributed by atoms with Gasteiger partial charge in [-0.25, -0.2) is 9.97 Å². The average molecular weight is 735 g/mol. The second kappa shape index (κ2) is 13.1. The van der Waals surface area contributed by atoms with Gasteiger partial charge < -0.3 is 9.55 Å². The fourth-order valence-electron chi connectivity index (χ4n) is 6.81. The molecule has 0 atom stereocenters. The van der Waals surface area contributed by atoms with Crippen LogP contribution in [0.5, 0.6) is 0 Å². The van der Waals surface area contributed by atoms with E-state index in [4.69, 9.17) is 9.97 Å². The van der Waals surface area contributed by atoms with Crippen molar-refractivity contribution >= 4 is 70.3 Å². The molecule has 0 fully saturated rings. The Bertz CT molecular complexity index is 2530. The molecule has 4 aromatic carbocycles. The van der Waals surface area contributed by atoms with Crippen molar-refractivity contribution in [3.8, 4) is 39.1 Å². The Labute approximate surface area is 301 Å². The summed E-state index contributed by atoms with van der Waals surface area (Å²) in [5.41, 5.74) is 15.4. The minimum absolute atomic E-state index is 0. The third-order valence-corrected chi connectivity index (χ3v) is 8.87. The van der Waals surface area contributed by atoms with Crippen molar-refractivity contribution in [2.45, 2.75) is 0 Å². The molecule has 8 bridgehead atoms. The van der Waals surface area contributed by atoms with Gasteiger partial charge >= 0.3 is 23.9 Å². The molecule has 0 saturated carbocycles. The summed E-state index contributed by atoms with van der Waals surface area (Å²) in [5.74, 6) is 0. The van der Waals surface area contributed by atoms with Crippen LogP contribution in [-0.2, 0) is 0 Å². The summed E-state index contributed by atoms with van der Waals surface area (Å²) in [6, 6.07) is 53.3. The quantitative estimate of drug-likeness (QED) is 0.183. The predicted molar refractivity (Wildman–Crippen MR) is 209 cm³/mol. The molecule has 2 radical (unpaired) electrons. The first-order chi connectivity index (χ1) is 23.8. The second-order valence-electron chi connectivity index (χ2n) is 12.0. The molecule has 2 aliphatic heterocycles. The first-order valence-electron chi connectivity index (χ1n) is 16.2. The van der Waals surface area contributed by atoms with Crippen molar-refractivity contribution in [1.29, 1.82) is 0 Å². The summed E-state index contributed by atoms with van der Waals surface area (Å²) in [4.78, 5) is 13.9. The number of nitrogens with zero attached hydrogens (tertiary/aromatic N) is 3. The summed E-state index contributed by atoms with van der Waals surface area (Å²) >= 11 is 0. The van der Waals surface area contributed by atoms with Crippen LogP contribution >= 0.6 is 0 Å². The molecule has 4 nitrogen and oxygen atoms in total. The maximum atomic E-state index is 5.29. The SMILES string of the molecule is C1=Cc2cc3c(-c4ccccc4)c(-c4ccccc4)c(c(-c4ccccc4)c4nc(cc5ccc(cc1n2)[nH]5)C=C4)n3-c1ccccc1.[SnH2]. The number of nitrogens with one attached hydrogen (secondary N) is 1. The van der Waals surface area contributed by atoms with Gasteiger partial charge in [0.05, 0.1) is 33.8 Å². The average Bonchev–Trinajstić information content (AvgIpc) is 3.95. The second-order valence-corrected chi connectivity index (χ2v) is 12.0. The molecule has 49 heavy (non-hydrogen) atoms. The van der Waals surface area contributed by atoms with E-state index >= 15 is 0 Å². The summed E-state index contributed by atoms with van der Waals surface area (Å²) in [6.45, 7) is 0. The topological polar surface area (TPSA) is 46.5 Å². The molecule has 2 aliphatic rings. The maximum absolute atomic E-state index is 5.29. The van der Waals surface area contributed by atoms with Gasteiger partial charge in [-0.05, 0) is 83.5 Å². The number of fused-ring (bicyclic) bond motifs is 8. The van der Waals surface area contributed by atoms with E-state index in [0.717, 1.165) is 83.9 Å². The van der Waals surface area contributed by atoms with E-state index in [1.165, 1.54) is 0 Å². The van der Waals surface area contributed by atoms with Crippen LogP contribution in [0.2, 0.25) is 0 Å². The molecule has 232 valence electrons. The number of rotatable bonds is 4. The number of hydrogen-bond acceptors (Lipinski definition) is 2. The van der Waals surface area contributed by atoms with Crippen molar-refractivity contribution < 1.29 is 0 Å². The van der Waals surface area contributed by atoms with Crippen LogP contribution in [-0.4, -0.2) is 43.4 Å². The van der Waals surface area contributed by atoms with Crippen molar-refractivity contribution in [2.24, 2.45) is 0 Å². The van der Waals surface area contributed by atoms with Gasteiger partial charge in [-0.2, -0.15) is 0 Å². The molecule has 0 aliphatic carbocycles. The zero-order valence-electron chi connectivity index (χ0n) is 26.8. The Morgan fingerprint density at radius 2 is 0.898 bits per heavy atom. The van der Waals surface area contributed by atoms with Crippen molar-refractivity contribution in [3.63, 3.8) is 0 Å². The van der Waals surface area contributed by atoms with E-state index in [0.29, 0.717) is 0 Å². The Kier molecular flexibility index (Phi) is 8.15. The Morgan fingerprint density at radius 3 is 1.49 bits per heavy atom. The Hall–Kier alpha value is -5.72. The molecule has 5 heterocycles. The third-order valence-electron chi connectivity index (χ3n) is 8.87. The third kappa shape index (κ3) is 5.74. The molecule has 9 rings (SSSR count). The monoisotopic (exact) mass is 736 g/mol. The fraction of sp³-hybridized carbons (Fsp3) is 0. The number of hydrogen-bond donors (Lipinski definition) is 1. The van der Waals surface area contributed by atoms with Crippen LogP contribution in [0.15, 0.2) is 152 Å². The molecular weight excluding hydrogens is 703 g/mol. The number of aromatic amines is 1. The van der Waals surface area contributed by atoms with E-state index in [1.807, 2.05) is 0 Å².